The number of halogens is 3. The smallest absolute Gasteiger partial charge is 0.124 e. The van der Waals surface area contributed by atoms with Gasteiger partial charge >= 0.3 is 0 Å². The number of benzene rings is 2. The van der Waals surface area contributed by atoms with Crippen LogP contribution >= 0.6 is 38.5 Å². The van der Waals surface area contributed by atoms with E-state index in [1.165, 1.54) is 15.2 Å². The van der Waals surface area contributed by atoms with Crippen LogP contribution in [0.3, 0.4) is 0 Å². The number of nitrogens with one attached hydrogen (secondary N) is 1. The molecule has 0 spiro atoms. The summed E-state index contributed by atoms with van der Waals surface area (Å²) in [4.78, 5) is 0. The molecule has 0 saturated carbocycles. The van der Waals surface area contributed by atoms with Crippen molar-refractivity contribution in [3.63, 3.8) is 0 Å². The lowest BCUT2D eigenvalue weighted by molar-refractivity contribution is 0.544. The van der Waals surface area contributed by atoms with Gasteiger partial charge in [0.1, 0.15) is 5.82 Å². The molecule has 0 aliphatic heterocycles. The second-order valence-corrected chi connectivity index (χ2v) is 6.69. The third kappa shape index (κ3) is 4.27. The van der Waals surface area contributed by atoms with Gasteiger partial charge in [0.15, 0.2) is 0 Å². The summed E-state index contributed by atoms with van der Waals surface area (Å²) in [5.74, 6) is -0.201. The minimum atomic E-state index is -0.201. The van der Waals surface area contributed by atoms with Gasteiger partial charge in [-0.3, -0.25) is 0 Å². The molecule has 0 amide bonds. The highest BCUT2D eigenvalue weighted by Crippen LogP contribution is 2.25. The molecule has 0 saturated heterocycles. The summed E-state index contributed by atoms with van der Waals surface area (Å²) in [6.07, 6.45) is 0.768. The molecule has 0 aliphatic carbocycles. The molecular formula is C16H16BrFIN. The van der Waals surface area contributed by atoms with E-state index in [-0.39, 0.29) is 11.9 Å². The Kier molecular flexibility index (Phi) is 5.99. The summed E-state index contributed by atoms with van der Waals surface area (Å²) < 4.78 is 15.5. The van der Waals surface area contributed by atoms with Crippen molar-refractivity contribution in [2.75, 3.05) is 6.54 Å². The molecule has 106 valence electrons. The number of rotatable bonds is 5. The zero-order chi connectivity index (χ0) is 14.5. The van der Waals surface area contributed by atoms with Crippen LogP contribution in [-0.4, -0.2) is 6.54 Å². The Labute approximate surface area is 141 Å². The second kappa shape index (κ2) is 7.52. The van der Waals surface area contributed by atoms with E-state index in [1.807, 2.05) is 18.2 Å². The summed E-state index contributed by atoms with van der Waals surface area (Å²) in [5.41, 5.74) is 2.25. The van der Waals surface area contributed by atoms with E-state index in [0.29, 0.717) is 0 Å². The Morgan fingerprint density at radius 1 is 1.25 bits per heavy atom. The van der Waals surface area contributed by atoms with Crippen LogP contribution in [0.5, 0.6) is 0 Å². The van der Waals surface area contributed by atoms with Crippen molar-refractivity contribution >= 4 is 38.5 Å². The Hall–Kier alpha value is -0.460. The van der Waals surface area contributed by atoms with Gasteiger partial charge in [0, 0.05) is 14.1 Å². The van der Waals surface area contributed by atoms with Crippen LogP contribution in [0.1, 0.15) is 24.1 Å². The third-order valence-electron chi connectivity index (χ3n) is 3.09. The predicted octanol–water partition coefficient (Wildman–Crippen LogP) is 5.09. The monoisotopic (exact) mass is 447 g/mol. The van der Waals surface area contributed by atoms with Gasteiger partial charge in [0.05, 0.1) is 0 Å². The van der Waals surface area contributed by atoms with E-state index in [9.17, 15) is 4.39 Å². The van der Waals surface area contributed by atoms with E-state index >= 15 is 0 Å². The van der Waals surface area contributed by atoms with Gasteiger partial charge in [-0.1, -0.05) is 41.1 Å². The molecule has 0 bridgehead atoms. The molecule has 1 nitrogen and oxygen atoms in total. The Morgan fingerprint density at radius 2 is 2.00 bits per heavy atom. The van der Waals surface area contributed by atoms with E-state index in [4.69, 9.17) is 0 Å². The minimum absolute atomic E-state index is 0.196. The maximum Gasteiger partial charge on any atom is 0.124 e. The van der Waals surface area contributed by atoms with Crippen LogP contribution in [0.25, 0.3) is 0 Å². The van der Waals surface area contributed by atoms with Crippen LogP contribution in [-0.2, 0) is 6.42 Å². The number of hydrogen-bond acceptors (Lipinski definition) is 1. The van der Waals surface area contributed by atoms with Crippen LogP contribution < -0.4 is 5.32 Å². The topological polar surface area (TPSA) is 12.0 Å². The standard InChI is InChI=1S/C16H16BrFIN/c1-2-20-16(14-5-3-4-6-15(14)19)9-11-7-12(17)10-13(18)8-11/h3-8,10,16,20H,2,9H2,1H3. The van der Waals surface area contributed by atoms with Gasteiger partial charge in [-0.15, -0.1) is 0 Å². The van der Waals surface area contributed by atoms with E-state index < -0.39 is 0 Å². The summed E-state index contributed by atoms with van der Waals surface area (Å²) in [6, 6.07) is 13.6. The molecule has 2 aromatic carbocycles. The average molecular weight is 448 g/mol. The van der Waals surface area contributed by atoms with Crippen molar-refractivity contribution in [3.8, 4) is 0 Å². The Balaban J connectivity index is 2.28. The molecule has 2 rings (SSSR count). The van der Waals surface area contributed by atoms with Crippen molar-refractivity contribution in [2.45, 2.75) is 19.4 Å². The third-order valence-corrected chi connectivity index (χ3v) is 4.53. The molecule has 20 heavy (non-hydrogen) atoms. The maximum absolute atomic E-state index is 13.5. The molecule has 0 aromatic heterocycles. The van der Waals surface area contributed by atoms with Gasteiger partial charge in [0.2, 0.25) is 0 Å². The van der Waals surface area contributed by atoms with E-state index in [2.05, 4.69) is 62.9 Å². The fraction of sp³-hybridized carbons (Fsp3) is 0.250. The van der Waals surface area contributed by atoms with Gasteiger partial charge in [-0.05, 0) is 70.9 Å². The van der Waals surface area contributed by atoms with Crippen LogP contribution in [0.4, 0.5) is 4.39 Å². The van der Waals surface area contributed by atoms with Crippen molar-refractivity contribution in [2.24, 2.45) is 0 Å². The predicted molar refractivity (Wildman–Crippen MR) is 93.4 cm³/mol. The summed E-state index contributed by atoms with van der Waals surface area (Å²) in [5, 5.41) is 3.48. The number of likely N-dealkylation sites (N-methyl/N-ethyl adjacent to an activating group) is 1. The van der Waals surface area contributed by atoms with Crippen molar-refractivity contribution in [3.05, 3.63) is 67.5 Å². The first-order valence-corrected chi connectivity index (χ1v) is 8.40. The van der Waals surface area contributed by atoms with Crippen LogP contribution in [0.2, 0.25) is 0 Å². The first-order valence-electron chi connectivity index (χ1n) is 6.53. The molecule has 0 fully saturated rings. The quantitative estimate of drug-likeness (QED) is 0.629. The van der Waals surface area contributed by atoms with Gasteiger partial charge in [-0.2, -0.15) is 0 Å². The molecule has 4 heteroatoms. The van der Waals surface area contributed by atoms with Gasteiger partial charge in [0.25, 0.3) is 0 Å². The normalized spacial score (nSPS) is 12.4. The molecule has 0 radical (unpaired) electrons. The number of hydrogen-bond donors (Lipinski definition) is 1. The average Bonchev–Trinajstić information content (AvgIpc) is 2.37. The van der Waals surface area contributed by atoms with Crippen LogP contribution in [0, 0.1) is 9.39 Å². The molecular weight excluding hydrogens is 432 g/mol. The van der Waals surface area contributed by atoms with Crippen molar-refractivity contribution in [1.82, 2.24) is 5.32 Å². The van der Waals surface area contributed by atoms with E-state index in [0.717, 1.165) is 23.0 Å². The zero-order valence-electron chi connectivity index (χ0n) is 11.2. The molecule has 1 N–H and O–H groups in total. The maximum atomic E-state index is 13.5. The zero-order valence-corrected chi connectivity index (χ0v) is 14.9. The molecule has 2 aromatic rings. The lowest BCUT2D eigenvalue weighted by atomic mass is 9.99. The fourth-order valence-electron chi connectivity index (χ4n) is 2.26. The van der Waals surface area contributed by atoms with Crippen molar-refractivity contribution < 1.29 is 4.39 Å². The van der Waals surface area contributed by atoms with Crippen LogP contribution in [0.15, 0.2) is 46.9 Å². The Morgan fingerprint density at radius 3 is 2.65 bits per heavy atom. The highest BCUT2D eigenvalue weighted by molar-refractivity contribution is 14.1. The molecule has 0 aliphatic rings. The highest BCUT2D eigenvalue weighted by atomic mass is 127. The highest BCUT2D eigenvalue weighted by Gasteiger charge is 2.14. The second-order valence-electron chi connectivity index (χ2n) is 4.61. The lowest BCUT2D eigenvalue weighted by Crippen LogP contribution is -2.23. The minimum Gasteiger partial charge on any atom is -0.310 e. The largest absolute Gasteiger partial charge is 0.310 e. The van der Waals surface area contributed by atoms with E-state index in [1.54, 1.807) is 6.07 Å². The molecule has 1 unspecified atom stereocenters. The fourth-order valence-corrected chi connectivity index (χ4v) is 3.54. The first kappa shape index (κ1) is 15.9. The van der Waals surface area contributed by atoms with Gasteiger partial charge < -0.3 is 5.32 Å². The molecule has 0 heterocycles. The van der Waals surface area contributed by atoms with Gasteiger partial charge in [-0.25, -0.2) is 4.39 Å². The summed E-state index contributed by atoms with van der Waals surface area (Å²) in [6.45, 7) is 2.97. The van der Waals surface area contributed by atoms with Crippen molar-refractivity contribution in [1.29, 1.82) is 0 Å². The summed E-state index contributed by atoms with van der Waals surface area (Å²) in [7, 11) is 0. The molecule has 1 atom stereocenters. The summed E-state index contributed by atoms with van der Waals surface area (Å²) >= 11 is 5.70. The lowest BCUT2D eigenvalue weighted by Gasteiger charge is -2.20. The Bertz CT molecular complexity index is 568. The SMILES string of the molecule is CCNC(Cc1cc(F)cc(Br)c1)c1ccccc1I. The first-order chi connectivity index (χ1) is 9.60.